The van der Waals surface area contributed by atoms with Gasteiger partial charge in [0.1, 0.15) is 0 Å². The number of aromatic nitrogens is 1. The van der Waals surface area contributed by atoms with Gasteiger partial charge in [-0.15, -0.1) is 0 Å². The van der Waals surface area contributed by atoms with Gasteiger partial charge in [0.2, 0.25) is 0 Å². The highest BCUT2D eigenvalue weighted by atomic mass is 16.4. The van der Waals surface area contributed by atoms with Gasteiger partial charge in [0.25, 0.3) is 0 Å². The molecular formula is C17H20N2O2. The zero-order valence-corrected chi connectivity index (χ0v) is 12.1. The first-order valence-corrected chi connectivity index (χ1v) is 7.13. The van der Waals surface area contributed by atoms with E-state index < -0.39 is 5.97 Å². The van der Waals surface area contributed by atoms with Gasteiger partial charge >= 0.3 is 5.97 Å². The summed E-state index contributed by atoms with van der Waals surface area (Å²) in [6, 6.07) is 16.0. The van der Waals surface area contributed by atoms with E-state index >= 15 is 0 Å². The van der Waals surface area contributed by atoms with Crippen LogP contribution in [0.15, 0.2) is 54.7 Å². The Morgan fingerprint density at radius 3 is 2.52 bits per heavy atom. The number of anilines is 1. The summed E-state index contributed by atoms with van der Waals surface area (Å²) < 4.78 is 0. The lowest BCUT2D eigenvalue weighted by Crippen LogP contribution is -2.28. The lowest BCUT2D eigenvalue weighted by molar-refractivity contribution is -0.137. The average molecular weight is 284 g/mol. The number of carbonyl (C=O) groups is 1. The molecule has 0 spiro atoms. The molecule has 21 heavy (non-hydrogen) atoms. The molecule has 0 radical (unpaired) electrons. The number of pyridine rings is 1. The lowest BCUT2D eigenvalue weighted by atomic mass is 10.1. The van der Waals surface area contributed by atoms with Gasteiger partial charge in [-0.1, -0.05) is 24.3 Å². The Morgan fingerprint density at radius 2 is 1.90 bits per heavy atom. The van der Waals surface area contributed by atoms with Crippen LogP contribution < -0.4 is 4.90 Å². The molecule has 0 saturated heterocycles. The Morgan fingerprint density at radius 1 is 1.19 bits per heavy atom. The summed E-state index contributed by atoms with van der Waals surface area (Å²) in [5.74, 6) is -0.756. The molecule has 0 aliphatic rings. The summed E-state index contributed by atoms with van der Waals surface area (Å²) >= 11 is 0. The summed E-state index contributed by atoms with van der Waals surface area (Å²) in [5.41, 5.74) is 2.07. The summed E-state index contributed by atoms with van der Waals surface area (Å²) in [4.78, 5) is 17.3. The third-order valence-corrected chi connectivity index (χ3v) is 3.46. The fourth-order valence-electron chi connectivity index (χ4n) is 2.35. The molecule has 2 rings (SSSR count). The maximum atomic E-state index is 10.7. The van der Waals surface area contributed by atoms with Crippen LogP contribution in [-0.4, -0.2) is 22.6 Å². The van der Waals surface area contributed by atoms with Crippen molar-refractivity contribution in [1.82, 2.24) is 4.98 Å². The van der Waals surface area contributed by atoms with Crippen LogP contribution in [0.2, 0.25) is 0 Å². The molecule has 0 aliphatic heterocycles. The first kappa shape index (κ1) is 15.0. The third kappa shape index (κ3) is 4.31. The van der Waals surface area contributed by atoms with Crippen molar-refractivity contribution in [3.8, 4) is 0 Å². The fraction of sp³-hybridized carbons (Fsp3) is 0.294. The normalized spacial score (nSPS) is 11.9. The van der Waals surface area contributed by atoms with Crippen LogP contribution in [0.25, 0.3) is 0 Å². The van der Waals surface area contributed by atoms with Crippen molar-refractivity contribution in [3.05, 3.63) is 60.4 Å². The van der Waals surface area contributed by atoms with E-state index in [1.54, 1.807) is 6.20 Å². The van der Waals surface area contributed by atoms with E-state index in [-0.39, 0.29) is 12.5 Å². The molecular weight excluding hydrogens is 264 g/mol. The van der Waals surface area contributed by atoms with E-state index in [4.69, 9.17) is 5.11 Å². The summed E-state index contributed by atoms with van der Waals surface area (Å²) in [6.07, 6.45) is 2.58. The maximum Gasteiger partial charge on any atom is 0.303 e. The molecule has 1 unspecified atom stereocenters. The first-order chi connectivity index (χ1) is 10.2. The molecule has 0 saturated carbocycles. The number of aliphatic carboxylic acids is 1. The fourth-order valence-corrected chi connectivity index (χ4v) is 2.35. The van der Waals surface area contributed by atoms with Crippen molar-refractivity contribution >= 4 is 11.7 Å². The SMILES string of the molecule is CC(c1ccccn1)N(CCCC(=O)O)c1ccccc1. The number of hydrogen-bond acceptors (Lipinski definition) is 3. The highest BCUT2D eigenvalue weighted by Gasteiger charge is 2.17. The van der Waals surface area contributed by atoms with Gasteiger partial charge in [0.05, 0.1) is 11.7 Å². The molecule has 1 atom stereocenters. The molecule has 1 aromatic carbocycles. The smallest absolute Gasteiger partial charge is 0.303 e. The zero-order valence-electron chi connectivity index (χ0n) is 12.1. The standard InChI is InChI=1S/C17H20N2O2/c1-14(16-10-5-6-12-18-16)19(13-7-11-17(20)21)15-8-3-2-4-9-15/h2-6,8-10,12,14H,7,11,13H2,1H3,(H,20,21). The van der Waals surface area contributed by atoms with E-state index in [2.05, 4.69) is 16.8 Å². The van der Waals surface area contributed by atoms with Crippen LogP contribution >= 0.6 is 0 Å². The third-order valence-electron chi connectivity index (χ3n) is 3.46. The van der Waals surface area contributed by atoms with Gasteiger partial charge < -0.3 is 10.0 Å². The van der Waals surface area contributed by atoms with Gasteiger partial charge in [0.15, 0.2) is 0 Å². The molecule has 110 valence electrons. The predicted molar refractivity (Wildman–Crippen MR) is 83.3 cm³/mol. The second-order valence-corrected chi connectivity index (χ2v) is 4.96. The van der Waals surface area contributed by atoms with Gasteiger partial charge in [-0.3, -0.25) is 9.78 Å². The largest absolute Gasteiger partial charge is 0.481 e. The Hall–Kier alpha value is -2.36. The molecule has 0 bridgehead atoms. The quantitative estimate of drug-likeness (QED) is 0.845. The molecule has 4 nitrogen and oxygen atoms in total. The topological polar surface area (TPSA) is 53.4 Å². The Labute approximate surface area is 125 Å². The first-order valence-electron chi connectivity index (χ1n) is 7.13. The van der Waals surface area contributed by atoms with Crippen LogP contribution in [0.4, 0.5) is 5.69 Å². The molecule has 1 heterocycles. The van der Waals surface area contributed by atoms with Crippen LogP contribution in [0.1, 0.15) is 31.5 Å². The van der Waals surface area contributed by atoms with Crippen LogP contribution in [0.3, 0.4) is 0 Å². The Balaban J connectivity index is 2.17. The summed E-state index contributed by atoms with van der Waals surface area (Å²) in [7, 11) is 0. The Kier molecular flexibility index (Phi) is 5.32. The summed E-state index contributed by atoms with van der Waals surface area (Å²) in [6.45, 7) is 2.78. The van der Waals surface area contributed by atoms with Crippen molar-refractivity contribution in [2.75, 3.05) is 11.4 Å². The molecule has 1 N–H and O–H groups in total. The number of carboxylic acid groups (broad SMARTS) is 1. The van der Waals surface area contributed by atoms with Crippen molar-refractivity contribution in [2.45, 2.75) is 25.8 Å². The minimum atomic E-state index is -0.756. The molecule has 0 aliphatic carbocycles. The lowest BCUT2D eigenvalue weighted by Gasteiger charge is -2.31. The van der Waals surface area contributed by atoms with E-state index in [0.29, 0.717) is 13.0 Å². The highest BCUT2D eigenvalue weighted by Crippen LogP contribution is 2.25. The molecule has 4 heteroatoms. The van der Waals surface area contributed by atoms with Gasteiger partial charge in [-0.2, -0.15) is 0 Å². The molecule has 0 fully saturated rings. The molecule has 0 amide bonds. The number of carboxylic acids is 1. The van der Waals surface area contributed by atoms with Gasteiger partial charge in [-0.05, 0) is 37.6 Å². The monoisotopic (exact) mass is 284 g/mol. The zero-order chi connectivity index (χ0) is 15.1. The summed E-state index contributed by atoms with van der Waals surface area (Å²) in [5, 5.41) is 8.82. The number of para-hydroxylation sites is 1. The second-order valence-electron chi connectivity index (χ2n) is 4.96. The molecule has 2 aromatic rings. The number of nitrogens with zero attached hydrogens (tertiary/aromatic N) is 2. The van der Waals surface area contributed by atoms with Crippen LogP contribution in [-0.2, 0) is 4.79 Å². The Bertz CT molecular complexity index is 558. The van der Waals surface area contributed by atoms with E-state index in [1.807, 2.05) is 48.5 Å². The second kappa shape index (κ2) is 7.43. The van der Waals surface area contributed by atoms with Crippen molar-refractivity contribution in [2.24, 2.45) is 0 Å². The molecule has 1 aromatic heterocycles. The van der Waals surface area contributed by atoms with E-state index in [1.165, 1.54) is 0 Å². The van der Waals surface area contributed by atoms with Crippen molar-refractivity contribution in [1.29, 1.82) is 0 Å². The van der Waals surface area contributed by atoms with Crippen LogP contribution in [0, 0.1) is 0 Å². The van der Waals surface area contributed by atoms with Crippen molar-refractivity contribution in [3.63, 3.8) is 0 Å². The average Bonchev–Trinajstić information content (AvgIpc) is 2.52. The number of rotatable bonds is 7. The van der Waals surface area contributed by atoms with E-state index in [9.17, 15) is 4.79 Å². The van der Waals surface area contributed by atoms with Gasteiger partial charge in [0, 0.05) is 24.8 Å². The maximum absolute atomic E-state index is 10.7. The van der Waals surface area contributed by atoms with E-state index in [0.717, 1.165) is 11.4 Å². The minimum absolute atomic E-state index is 0.0994. The highest BCUT2D eigenvalue weighted by molar-refractivity contribution is 5.66. The minimum Gasteiger partial charge on any atom is -0.481 e. The van der Waals surface area contributed by atoms with Crippen molar-refractivity contribution < 1.29 is 9.90 Å². The number of hydrogen-bond donors (Lipinski definition) is 1. The number of benzene rings is 1. The van der Waals surface area contributed by atoms with Crippen LogP contribution in [0.5, 0.6) is 0 Å². The van der Waals surface area contributed by atoms with Gasteiger partial charge in [-0.25, -0.2) is 0 Å². The predicted octanol–water partition coefficient (Wildman–Crippen LogP) is 3.51.